The number of anilines is 1. The van der Waals surface area contributed by atoms with Crippen LogP contribution in [0.15, 0.2) is 29.4 Å². The zero-order valence-electron chi connectivity index (χ0n) is 11.1. The van der Waals surface area contributed by atoms with Gasteiger partial charge in [0.15, 0.2) is 0 Å². The first-order chi connectivity index (χ1) is 9.13. The second-order valence-corrected chi connectivity index (χ2v) is 8.42. The molecule has 0 heterocycles. The van der Waals surface area contributed by atoms with E-state index in [0.717, 1.165) is 6.26 Å². The van der Waals surface area contributed by atoms with E-state index in [4.69, 9.17) is 5.21 Å². The molecule has 1 aromatic carbocycles. The van der Waals surface area contributed by atoms with E-state index in [1.54, 1.807) is 19.1 Å². The van der Waals surface area contributed by atoms with E-state index in [-0.39, 0.29) is 5.69 Å². The van der Waals surface area contributed by atoms with Crippen molar-refractivity contribution in [3.05, 3.63) is 29.8 Å². The zero-order valence-corrected chi connectivity index (χ0v) is 12.7. The minimum atomic E-state index is -3.75. The van der Waals surface area contributed by atoms with Gasteiger partial charge in [-0.3, -0.25) is 4.72 Å². The number of sulfonamides is 1. The summed E-state index contributed by atoms with van der Waals surface area (Å²) in [4.78, 5) is 0. The third kappa shape index (κ3) is 5.57. The minimum absolute atomic E-state index is 0.277. The van der Waals surface area contributed by atoms with Crippen molar-refractivity contribution in [2.45, 2.75) is 6.92 Å². The third-order valence-electron chi connectivity index (χ3n) is 2.43. The van der Waals surface area contributed by atoms with Crippen molar-refractivity contribution >= 4 is 31.3 Å². The molecule has 0 unspecified atom stereocenters. The minimum Gasteiger partial charge on any atom is -0.411 e. The SMILES string of the molecule is CC(=NO)c1cccc(NS(=O)(=O)CCS(C)(=O)=O)c1. The molecule has 7 nitrogen and oxygen atoms in total. The Morgan fingerprint density at radius 3 is 2.45 bits per heavy atom. The van der Waals surface area contributed by atoms with Gasteiger partial charge in [0.25, 0.3) is 0 Å². The first-order valence-corrected chi connectivity index (χ1v) is 9.31. The summed E-state index contributed by atoms with van der Waals surface area (Å²) in [6, 6.07) is 6.26. The van der Waals surface area contributed by atoms with Crippen LogP contribution < -0.4 is 4.72 Å². The Morgan fingerprint density at radius 2 is 1.90 bits per heavy atom. The van der Waals surface area contributed by atoms with E-state index in [2.05, 4.69) is 9.88 Å². The molecule has 0 aromatic heterocycles. The van der Waals surface area contributed by atoms with Gasteiger partial charge in [-0.25, -0.2) is 16.8 Å². The summed E-state index contributed by atoms with van der Waals surface area (Å²) in [7, 11) is -7.10. The van der Waals surface area contributed by atoms with Crippen molar-refractivity contribution in [2.24, 2.45) is 5.16 Å². The molecule has 0 aliphatic carbocycles. The smallest absolute Gasteiger partial charge is 0.233 e. The lowest BCUT2D eigenvalue weighted by Crippen LogP contribution is -2.22. The summed E-state index contributed by atoms with van der Waals surface area (Å²) in [6.07, 6.45) is 0.976. The Hall–Kier alpha value is -1.61. The lowest BCUT2D eigenvalue weighted by molar-refractivity contribution is 0.319. The fraction of sp³-hybridized carbons (Fsp3) is 0.364. The summed E-state index contributed by atoms with van der Waals surface area (Å²) >= 11 is 0. The molecule has 0 saturated carbocycles. The highest BCUT2D eigenvalue weighted by atomic mass is 32.2. The Labute approximate surface area is 118 Å². The van der Waals surface area contributed by atoms with Crippen LogP contribution >= 0.6 is 0 Å². The fourth-order valence-electron chi connectivity index (χ4n) is 1.36. The third-order valence-corrected chi connectivity index (χ3v) is 4.92. The molecule has 2 N–H and O–H groups in total. The largest absolute Gasteiger partial charge is 0.411 e. The average molecular weight is 320 g/mol. The molecule has 1 aromatic rings. The maximum Gasteiger partial charge on any atom is 0.233 e. The molecular formula is C11H16N2O5S2. The maximum absolute atomic E-state index is 11.7. The second-order valence-electron chi connectivity index (χ2n) is 4.32. The lowest BCUT2D eigenvalue weighted by atomic mass is 10.1. The van der Waals surface area contributed by atoms with Gasteiger partial charge in [-0.1, -0.05) is 17.3 Å². The van der Waals surface area contributed by atoms with Crippen LogP contribution in [0.1, 0.15) is 12.5 Å². The highest BCUT2D eigenvalue weighted by Gasteiger charge is 2.14. The lowest BCUT2D eigenvalue weighted by Gasteiger charge is -2.08. The van der Waals surface area contributed by atoms with Gasteiger partial charge in [0, 0.05) is 17.5 Å². The summed E-state index contributed by atoms with van der Waals surface area (Å²) in [6.45, 7) is 1.57. The van der Waals surface area contributed by atoms with Gasteiger partial charge < -0.3 is 5.21 Å². The van der Waals surface area contributed by atoms with E-state index in [9.17, 15) is 16.8 Å². The van der Waals surface area contributed by atoms with Crippen LogP contribution in [0.3, 0.4) is 0 Å². The predicted octanol–water partition coefficient (Wildman–Crippen LogP) is 0.671. The molecule has 20 heavy (non-hydrogen) atoms. The van der Waals surface area contributed by atoms with Crippen molar-refractivity contribution in [3.8, 4) is 0 Å². The predicted molar refractivity (Wildman–Crippen MR) is 77.6 cm³/mol. The normalized spacial score (nSPS) is 13.2. The van der Waals surface area contributed by atoms with Crippen LogP contribution in [-0.2, 0) is 19.9 Å². The molecule has 0 amide bonds. The Bertz CT molecular complexity index is 708. The van der Waals surface area contributed by atoms with E-state index >= 15 is 0 Å². The van der Waals surface area contributed by atoms with E-state index in [1.165, 1.54) is 12.1 Å². The molecule has 0 fully saturated rings. The first kappa shape index (κ1) is 16.4. The molecule has 0 aliphatic rings. The van der Waals surface area contributed by atoms with Crippen LogP contribution in [0.4, 0.5) is 5.69 Å². The molecule has 0 spiro atoms. The zero-order chi connectivity index (χ0) is 15.4. The molecule has 0 atom stereocenters. The second kappa shape index (κ2) is 6.23. The summed E-state index contributed by atoms with van der Waals surface area (Å²) in [5, 5.41) is 11.7. The molecule has 0 bridgehead atoms. The summed E-state index contributed by atoms with van der Waals surface area (Å²) < 4.78 is 47.7. The highest BCUT2D eigenvalue weighted by molar-refractivity contribution is 7.95. The van der Waals surface area contributed by atoms with Crippen molar-refractivity contribution in [1.29, 1.82) is 0 Å². The van der Waals surface area contributed by atoms with Crippen LogP contribution in [-0.4, -0.2) is 45.5 Å². The summed E-state index contributed by atoms with van der Waals surface area (Å²) in [5.41, 5.74) is 1.16. The van der Waals surface area contributed by atoms with Crippen molar-refractivity contribution < 1.29 is 22.0 Å². The fourth-order valence-corrected chi connectivity index (χ4v) is 4.03. The van der Waals surface area contributed by atoms with E-state index in [1.807, 2.05) is 0 Å². The number of hydrogen-bond acceptors (Lipinski definition) is 6. The van der Waals surface area contributed by atoms with Crippen LogP contribution in [0, 0.1) is 0 Å². The topological polar surface area (TPSA) is 113 Å². The van der Waals surface area contributed by atoms with Crippen molar-refractivity contribution in [1.82, 2.24) is 0 Å². The number of sulfone groups is 1. The number of rotatable bonds is 6. The van der Waals surface area contributed by atoms with Gasteiger partial charge in [-0.2, -0.15) is 0 Å². The van der Waals surface area contributed by atoms with Crippen molar-refractivity contribution in [3.63, 3.8) is 0 Å². The number of nitrogens with zero attached hydrogens (tertiary/aromatic N) is 1. The Kier molecular flexibility index (Phi) is 5.12. The molecule has 0 radical (unpaired) electrons. The average Bonchev–Trinajstić information content (AvgIpc) is 2.35. The van der Waals surface area contributed by atoms with Gasteiger partial charge in [0.2, 0.25) is 10.0 Å². The van der Waals surface area contributed by atoms with Gasteiger partial charge in [0.05, 0.1) is 17.2 Å². The molecule has 9 heteroatoms. The van der Waals surface area contributed by atoms with Gasteiger partial charge in [-0.05, 0) is 19.1 Å². The summed E-state index contributed by atoms with van der Waals surface area (Å²) in [5.74, 6) is -0.956. The number of nitrogens with one attached hydrogen (secondary N) is 1. The van der Waals surface area contributed by atoms with E-state index in [0.29, 0.717) is 11.3 Å². The standard InChI is InChI=1S/C11H16N2O5S2/c1-9(12-14)10-4-3-5-11(8-10)13-20(17,18)7-6-19(2,15)16/h3-5,8,13-14H,6-7H2,1-2H3. The maximum atomic E-state index is 11.7. The Balaban J connectivity index is 2.88. The molecular weight excluding hydrogens is 304 g/mol. The molecule has 112 valence electrons. The quantitative estimate of drug-likeness (QED) is 0.454. The van der Waals surface area contributed by atoms with Gasteiger partial charge in [-0.15, -0.1) is 0 Å². The molecule has 0 aliphatic heterocycles. The molecule has 0 saturated heterocycles. The number of oxime groups is 1. The first-order valence-electron chi connectivity index (χ1n) is 5.60. The highest BCUT2D eigenvalue weighted by Crippen LogP contribution is 2.13. The van der Waals surface area contributed by atoms with Crippen LogP contribution in [0.5, 0.6) is 0 Å². The number of benzene rings is 1. The van der Waals surface area contributed by atoms with Crippen LogP contribution in [0.25, 0.3) is 0 Å². The van der Waals surface area contributed by atoms with Gasteiger partial charge >= 0.3 is 0 Å². The van der Waals surface area contributed by atoms with Gasteiger partial charge in [0.1, 0.15) is 9.84 Å². The van der Waals surface area contributed by atoms with E-state index < -0.39 is 31.4 Å². The molecule has 1 rings (SSSR count). The monoisotopic (exact) mass is 320 g/mol. The number of hydrogen-bond donors (Lipinski definition) is 2. The Morgan fingerprint density at radius 1 is 1.25 bits per heavy atom. The van der Waals surface area contributed by atoms with Crippen molar-refractivity contribution in [2.75, 3.05) is 22.5 Å². The van der Waals surface area contributed by atoms with Crippen LogP contribution in [0.2, 0.25) is 0 Å².